The van der Waals surface area contributed by atoms with Crippen LogP contribution < -0.4 is 5.32 Å². The molecular weight excluding hydrogens is 188 g/mol. The molecule has 1 saturated carbocycles. The molecule has 1 spiro atoms. The van der Waals surface area contributed by atoms with Crippen LogP contribution in [0.15, 0.2) is 0 Å². The molecule has 1 saturated heterocycles. The van der Waals surface area contributed by atoms with Crippen molar-refractivity contribution in [1.82, 2.24) is 10.2 Å². The minimum Gasteiger partial charge on any atom is -0.326 e. The number of amides is 1. The predicted octanol–water partition coefficient (Wildman–Crippen LogP) is 1.88. The standard InChI is InChI=1S/C12H22N2O/c1-3-9-14-10(4-2)13-12(11(14)15)7-5-6-8-12/h10,13H,3-9H2,1-2H3. The number of nitrogens with one attached hydrogen (secondary N) is 1. The third kappa shape index (κ3) is 1.67. The van der Waals surface area contributed by atoms with E-state index >= 15 is 0 Å². The quantitative estimate of drug-likeness (QED) is 0.771. The first-order valence-corrected chi connectivity index (χ1v) is 6.32. The molecule has 0 aromatic rings. The molecule has 1 unspecified atom stereocenters. The fourth-order valence-electron chi connectivity index (χ4n) is 3.03. The highest BCUT2D eigenvalue weighted by Crippen LogP contribution is 2.36. The molecule has 1 aliphatic carbocycles. The van der Waals surface area contributed by atoms with Crippen LogP contribution in [-0.4, -0.2) is 29.1 Å². The molecule has 2 aliphatic rings. The Kier molecular flexibility index (Phi) is 3.01. The number of hydrogen-bond donors (Lipinski definition) is 1. The van der Waals surface area contributed by atoms with Crippen LogP contribution in [0.3, 0.4) is 0 Å². The van der Waals surface area contributed by atoms with Gasteiger partial charge in [-0.2, -0.15) is 0 Å². The molecule has 86 valence electrons. The fraction of sp³-hybridized carbons (Fsp3) is 0.917. The summed E-state index contributed by atoms with van der Waals surface area (Å²) in [4.78, 5) is 14.4. The summed E-state index contributed by atoms with van der Waals surface area (Å²) >= 11 is 0. The van der Waals surface area contributed by atoms with Gasteiger partial charge in [-0.1, -0.05) is 26.7 Å². The van der Waals surface area contributed by atoms with Crippen molar-refractivity contribution in [2.24, 2.45) is 0 Å². The van der Waals surface area contributed by atoms with Gasteiger partial charge < -0.3 is 4.90 Å². The Labute approximate surface area is 92.2 Å². The zero-order valence-corrected chi connectivity index (χ0v) is 9.88. The number of rotatable bonds is 3. The van der Waals surface area contributed by atoms with E-state index in [-0.39, 0.29) is 11.7 Å². The van der Waals surface area contributed by atoms with E-state index < -0.39 is 0 Å². The maximum absolute atomic E-state index is 12.4. The van der Waals surface area contributed by atoms with E-state index in [1.165, 1.54) is 12.8 Å². The Morgan fingerprint density at radius 3 is 2.60 bits per heavy atom. The van der Waals surface area contributed by atoms with E-state index in [1.807, 2.05) is 0 Å². The first kappa shape index (κ1) is 10.9. The molecule has 0 aromatic carbocycles. The van der Waals surface area contributed by atoms with Crippen LogP contribution in [0.4, 0.5) is 0 Å². The van der Waals surface area contributed by atoms with Gasteiger partial charge in [0, 0.05) is 6.54 Å². The molecule has 1 heterocycles. The van der Waals surface area contributed by atoms with Gasteiger partial charge in [-0.25, -0.2) is 0 Å². The summed E-state index contributed by atoms with van der Waals surface area (Å²) in [7, 11) is 0. The smallest absolute Gasteiger partial charge is 0.244 e. The summed E-state index contributed by atoms with van der Waals surface area (Å²) in [5.74, 6) is 0.369. The van der Waals surface area contributed by atoms with E-state index in [1.54, 1.807) is 0 Å². The Balaban J connectivity index is 2.15. The summed E-state index contributed by atoms with van der Waals surface area (Å²) in [6.45, 7) is 5.20. The van der Waals surface area contributed by atoms with Crippen molar-refractivity contribution in [3.05, 3.63) is 0 Å². The minimum absolute atomic E-state index is 0.171. The highest BCUT2D eigenvalue weighted by atomic mass is 16.2. The summed E-state index contributed by atoms with van der Waals surface area (Å²) in [5.41, 5.74) is -0.171. The van der Waals surface area contributed by atoms with Gasteiger partial charge in [-0.05, 0) is 25.7 Å². The summed E-state index contributed by atoms with van der Waals surface area (Å²) < 4.78 is 0. The zero-order valence-electron chi connectivity index (χ0n) is 9.88. The maximum atomic E-state index is 12.4. The lowest BCUT2D eigenvalue weighted by Gasteiger charge is -2.22. The van der Waals surface area contributed by atoms with Crippen LogP contribution in [0.5, 0.6) is 0 Å². The second kappa shape index (κ2) is 4.12. The first-order valence-electron chi connectivity index (χ1n) is 6.32. The second-order valence-corrected chi connectivity index (χ2v) is 4.86. The average molecular weight is 210 g/mol. The lowest BCUT2D eigenvalue weighted by molar-refractivity contribution is -0.133. The summed E-state index contributed by atoms with van der Waals surface area (Å²) in [6.07, 6.45) is 6.86. The molecule has 2 fully saturated rings. The number of hydrogen-bond acceptors (Lipinski definition) is 2. The Morgan fingerprint density at radius 1 is 1.40 bits per heavy atom. The van der Waals surface area contributed by atoms with Crippen LogP contribution >= 0.6 is 0 Å². The van der Waals surface area contributed by atoms with Crippen LogP contribution in [0.2, 0.25) is 0 Å². The topological polar surface area (TPSA) is 32.3 Å². The maximum Gasteiger partial charge on any atom is 0.244 e. The van der Waals surface area contributed by atoms with Gasteiger partial charge in [0.1, 0.15) is 0 Å². The lowest BCUT2D eigenvalue weighted by atomic mass is 9.98. The van der Waals surface area contributed by atoms with Crippen LogP contribution in [0.1, 0.15) is 52.4 Å². The van der Waals surface area contributed by atoms with Crippen molar-refractivity contribution in [3.63, 3.8) is 0 Å². The van der Waals surface area contributed by atoms with Gasteiger partial charge in [-0.3, -0.25) is 10.1 Å². The number of nitrogens with zero attached hydrogens (tertiary/aromatic N) is 1. The number of carbonyl (C=O) groups excluding carboxylic acids is 1. The van der Waals surface area contributed by atoms with Gasteiger partial charge in [0.2, 0.25) is 5.91 Å². The van der Waals surface area contributed by atoms with Gasteiger partial charge in [0.15, 0.2) is 0 Å². The largest absolute Gasteiger partial charge is 0.326 e. The SMILES string of the molecule is CCCN1C(=O)C2(CCCC2)NC1CC. The second-order valence-electron chi connectivity index (χ2n) is 4.86. The molecule has 2 rings (SSSR count). The van der Waals surface area contributed by atoms with Crippen molar-refractivity contribution >= 4 is 5.91 Å². The molecule has 1 amide bonds. The molecule has 3 nitrogen and oxygen atoms in total. The summed E-state index contributed by atoms with van der Waals surface area (Å²) in [6, 6.07) is 0. The molecule has 1 atom stereocenters. The molecule has 15 heavy (non-hydrogen) atoms. The highest BCUT2D eigenvalue weighted by molar-refractivity contribution is 5.89. The van der Waals surface area contributed by atoms with E-state index in [4.69, 9.17) is 0 Å². The molecule has 0 radical (unpaired) electrons. The minimum atomic E-state index is -0.171. The van der Waals surface area contributed by atoms with Crippen molar-refractivity contribution in [2.45, 2.75) is 64.1 Å². The van der Waals surface area contributed by atoms with Gasteiger partial charge in [-0.15, -0.1) is 0 Å². The lowest BCUT2D eigenvalue weighted by Crippen LogP contribution is -2.44. The van der Waals surface area contributed by atoms with Crippen LogP contribution in [-0.2, 0) is 4.79 Å². The van der Waals surface area contributed by atoms with Gasteiger partial charge in [0.05, 0.1) is 11.7 Å². The average Bonchev–Trinajstić information content (AvgIpc) is 2.80. The van der Waals surface area contributed by atoms with Crippen molar-refractivity contribution < 1.29 is 4.79 Å². The Bertz CT molecular complexity index is 246. The molecule has 0 aromatic heterocycles. The van der Waals surface area contributed by atoms with Gasteiger partial charge in [0.25, 0.3) is 0 Å². The zero-order chi connectivity index (χ0) is 10.9. The monoisotopic (exact) mass is 210 g/mol. The third-order valence-corrected chi connectivity index (χ3v) is 3.80. The van der Waals surface area contributed by atoms with Crippen LogP contribution in [0, 0.1) is 0 Å². The fourth-order valence-corrected chi connectivity index (χ4v) is 3.03. The van der Waals surface area contributed by atoms with Crippen molar-refractivity contribution in [1.29, 1.82) is 0 Å². The van der Waals surface area contributed by atoms with Crippen molar-refractivity contribution in [2.75, 3.05) is 6.54 Å². The van der Waals surface area contributed by atoms with Gasteiger partial charge >= 0.3 is 0 Å². The Hall–Kier alpha value is -0.570. The molecule has 1 N–H and O–H groups in total. The normalized spacial score (nSPS) is 29.3. The van der Waals surface area contributed by atoms with E-state index in [0.29, 0.717) is 5.91 Å². The van der Waals surface area contributed by atoms with E-state index in [2.05, 4.69) is 24.1 Å². The predicted molar refractivity (Wildman–Crippen MR) is 60.4 cm³/mol. The van der Waals surface area contributed by atoms with Crippen LogP contribution in [0.25, 0.3) is 0 Å². The van der Waals surface area contributed by atoms with Crippen molar-refractivity contribution in [3.8, 4) is 0 Å². The summed E-state index contributed by atoms with van der Waals surface area (Å²) in [5, 5.41) is 3.58. The highest BCUT2D eigenvalue weighted by Gasteiger charge is 2.51. The number of carbonyl (C=O) groups is 1. The van der Waals surface area contributed by atoms with E-state index in [0.717, 1.165) is 32.2 Å². The molecule has 0 bridgehead atoms. The molecular formula is C12H22N2O. The van der Waals surface area contributed by atoms with E-state index in [9.17, 15) is 4.79 Å². The molecule has 1 aliphatic heterocycles. The Morgan fingerprint density at radius 2 is 2.07 bits per heavy atom. The first-order chi connectivity index (χ1) is 7.23. The molecule has 3 heteroatoms. The third-order valence-electron chi connectivity index (χ3n) is 3.80.